The van der Waals surface area contributed by atoms with Crippen molar-refractivity contribution in [2.24, 2.45) is 0 Å². The van der Waals surface area contributed by atoms with Gasteiger partial charge in [0.25, 0.3) is 0 Å². The Bertz CT molecular complexity index is 1760. The minimum atomic E-state index is -0.430. The van der Waals surface area contributed by atoms with Crippen molar-refractivity contribution in [3.05, 3.63) is 96.1 Å². The summed E-state index contributed by atoms with van der Waals surface area (Å²) >= 11 is 0. The van der Waals surface area contributed by atoms with E-state index in [1.54, 1.807) is 6.07 Å². The maximum atomic E-state index is 13.1. The number of hydrogen-bond acceptors (Lipinski definition) is 5. The first-order valence-electron chi connectivity index (χ1n) is 15.7. The predicted molar refractivity (Wildman–Crippen MR) is 174 cm³/mol. The second-order valence-corrected chi connectivity index (χ2v) is 13.0. The standard InChI is InChI=1S/C37H37N3O5.HI/c1-40(2)32-20-29(21-33(40)36-35(32)45-36)44-37(43)39-31-16-12-23(18-30(31)25-8-4-3-5-9-25)7-6-10-34(42)38-28-15-14-26-17-24(22-41)11-13-27(26)19-28;/h3-5,8-9,11-19,22,29,32-33,35-36H,6-7,10,20-21H2,1-2H3,(H-,38,39,41,42,43);1H/t29-,32-,33+,35-,36+;. The van der Waals surface area contributed by atoms with Crippen LogP contribution in [0.5, 0.6) is 0 Å². The Morgan fingerprint density at radius 2 is 1.61 bits per heavy atom. The second kappa shape index (κ2) is 13.1. The maximum absolute atomic E-state index is 13.1. The van der Waals surface area contributed by atoms with Gasteiger partial charge in [0.1, 0.15) is 36.7 Å². The highest BCUT2D eigenvalue weighted by Gasteiger charge is 2.70. The number of benzene rings is 4. The molecule has 0 aromatic heterocycles. The fraction of sp³-hybridized carbons (Fsp3) is 0.324. The molecule has 238 valence electrons. The number of hydrogen-bond donors (Lipinski definition) is 2. The minimum absolute atomic E-state index is 0. The molecule has 2 amide bonds. The number of anilines is 2. The molecule has 8 nitrogen and oxygen atoms in total. The molecular formula is C37H38IN3O5. The molecule has 3 aliphatic heterocycles. The van der Waals surface area contributed by atoms with Gasteiger partial charge in [0.05, 0.1) is 19.8 Å². The summed E-state index contributed by atoms with van der Waals surface area (Å²) in [5.74, 6) is -0.0506. The van der Waals surface area contributed by atoms with Gasteiger partial charge in [-0.3, -0.25) is 14.9 Å². The zero-order valence-corrected chi connectivity index (χ0v) is 28.1. The number of nitrogens with one attached hydrogen (secondary N) is 2. The van der Waals surface area contributed by atoms with Crippen molar-refractivity contribution in [1.82, 2.24) is 0 Å². The first kappa shape index (κ1) is 32.2. The molecule has 9 heteroatoms. The number of epoxide rings is 1. The molecule has 4 aromatic carbocycles. The Kier molecular flexibility index (Phi) is 9.18. The van der Waals surface area contributed by atoms with E-state index in [0.717, 1.165) is 56.8 Å². The lowest BCUT2D eigenvalue weighted by atomic mass is 9.96. The smallest absolute Gasteiger partial charge is 0.411 e. The number of amides is 2. The topological polar surface area (TPSA) is 97.0 Å². The molecule has 7 rings (SSSR count). The molecular weight excluding hydrogens is 693 g/mol. The number of fused-ring (bicyclic) bond motifs is 6. The van der Waals surface area contributed by atoms with E-state index < -0.39 is 6.09 Å². The number of nitrogens with zero attached hydrogens (tertiary/aromatic N) is 1. The number of aldehydes is 1. The highest BCUT2D eigenvalue weighted by atomic mass is 127. The number of ether oxygens (including phenoxy) is 2. The summed E-state index contributed by atoms with van der Waals surface area (Å²) in [4.78, 5) is 36.9. The fourth-order valence-corrected chi connectivity index (χ4v) is 7.40. The van der Waals surface area contributed by atoms with Gasteiger partial charge in [-0.15, -0.1) is 0 Å². The number of morpholine rings is 1. The number of aryl methyl sites for hydroxylation is 1. The van der Waals surface area contributed by atoms with Gasteiger partial charge in [0.15, 0.2) is 0 Å². The molecule has 2 N–H and O–H groups in total. The van der Waals surface area contributed by atoms with E-state index in [-0.39, 0.29) is 36.0 Å². The van der Waals surface area contributed by atoms with E-state index in [1.165, 1.54) is 0 Å². The first-order chi connectivity index (χ1) is 21.8. The van der Waals surface area contributed by atoms with E-state index in [2.05, 4.69) is 30.8 Å². The highest BCUT2D eigenvalue weighted by Crippen LogP contribution is 2.51. The van der Waals surface area contributed by atoms with Gasteiger partial charge in [-0.2, -0.15) is 0 Å². The van der Waals surface area contributed by atoms with Crippen LogP contribution in [0.25, 0.3) is 21.9 Å². The lowest BCUT2D eigenvalue weighted by molar-refractivity contribution is -0.938. The van der Waals surface area contributed by atoms with Crippen LogP contribution in [-0.2, 0) is 20.7 Å². The first-order valence-corrected chi connectivity index (χ1v) is 15.7. The van der Waals surface area contributed by atoms with Gasteiger partial charge in [-0.25, -0.2) is 4.79 Å². The lowest BCUT2D eigenvalue weighted by Crippen LogP contribution is -3.00. The Morgan fingerprint density at radius 1 is 0.891 bits per heavy atom. The molecule has 0 saturated carbocycles. The molecule has 3 aliphatic rings. The van der Waals surface area contributed by atoms with Crippen LogP contribution in [0, 0.1) is 0 Å². The van der Waals surface area contributed by atoms with Crippen LogP contribution < -0.4 is 34.6 Å². The predicted octanol–water partition coefficient (Wildman–Crippen LogP) is 3.59. The molecule has 0 radical (unpaired) electrons. The Labute approximate surface area is 286 Å². The van der Waals surface area contributed by atoms with Gasteiger partial charge in [0.2, 0.25) is 5.91 Å². The van der Waals surface area contributed by atoms with Gasteiger partial charge in [-0.05, 0) is 65.1 Å². The molecule has 0 unspecified atom stereocenters. The average molecular weight is 732 g/mol. The van der Waals surface area contributed by atoms with Crippen molar-refractivity contribution in [1.29, 1.82) is 0 Å². The summed E-state index contributed by atoms with van der Waals surface area (Å²) in [6.45, 7) is 0. The van der Waals surface area contributed by atoms with E-state index in [0.29, 0.717) is 54.8 Å². The fourth-order valence-electron chi connectivity index (χ4n) is 7.40. The third-order valence-corrected chi connectivity index (χ3v) is 9.87. The van der Waals surface area contributed by atoms with Crippen molar-refractivity contribution in [3.8, 4) is 11.1 Å². The Balaban J connectivity index is 0.00000372. The van der Waals surface area contributed by atoms with Crippen LogP contribution in [0.1, 0.15) is 41.6 Å². The number of carbonyl (C=O) groups excluding carboxylic acids is 3. The number of piperidine rings is 1. The van der Waals surface area contributed by atoms with Crippen molar-refractivity contribution < 1.29 is 52.3 Å². The number of halogens is 1. The third kappa shape index (κ3) is 6.54. The Hall–Kier alpha value is -3.80. The van der Waals surface area contributed by atoms with E-state index in [9.17, 15) is 14.4 Å². The van der Waals surface area contributed by atoms with Crippen LogP contribution in [0.15, 0.2) is 84.9 Å². The average Bonchev–Trinajstić information content (AvgIpc) is 3.81. The Morgan fingerprint density at radius 3 is 2.35 bits per heavy atom. The highest BCUT2D eigenvalue weighted by molar-refractivity contribution is 5.96. The van der Waals surface area contributed by atoms with Crippen LogP contribution >= 0.6 is 0 Å². The van der Waals surface area contributed by atoms with Crippen molar-refractivity contribution in [3.63, 3.8) is 0 Å². The summed E-state index contributed by atoms with van der Waals surface area (Å²) in [5, 5.41) is 7.92. The van der Waals surface area contributed by atoms with Crippen molar-refractivity contribution in [2.45, 2.75) is 62.5 Å². The summed E-state index contributed by atoms with van der Waals surface area (Å²) in [7, 11) is 4.53. The van der Waals surface area contributed by atoms with E-state index >= 15 is 0 Å². The summed E-state index contributed by atoms with van der Waals surface area (Å²) in [6.07, 6.45) is 4.31. The molecule has 3 fully saturated rings. The molecule has 2 bridgehead atoms. The minimum Gasteiger partial charge on any atom is -1.00 e. The molecule has 4 aromatic rings. The molecule has 46 heavy (non-hydrogen) atoms. The molecule has 5 atom stereocenters. The molecule has 0 aliphatic carbocycles. The van der Waals surface area contributed by atoms with E-state index in [1.807, 2.05) is 72.8 Å². The summed E-state index contributed by atoms with van der Waals surface area (Å²) in [6, 6.07) is 27.9. The summed E-state index contributed by atoms with van der Waals surface area (Å²) < 4.78 is 12.8. The lowest BCUT2D eigenvalue weighted by Gasteiger charge is -2.45. The monoisotopic (exact) mass is 731 g/mol. The third-order valence-electron chi connectivity index (χ3n) is 9.87. The molecule has 0 spiro atoms. The zero-order chi connectivity index (χ0) is 31.1. The largest absolute Gasteiger partial charge is 1.00 e. The molecule has 3 heterocycles. The SMILES string of the molecule is C[N+]1(C)[C@@H]2C[C@@H](OC(=O)Nc3ccc(CCCC(=O)Nc4ccc5cc(C=O)ccc5c4)cc3-c3ccccc3)C[C@H]1[C@@H]1O[C@@H]12.[I-]. The zero-order valence-electron chi connectivity index (χ0n) is 25.9. The van der Waals surface area contributed by atoms with Crippen LogP contribution in [0.3, 0.4) is 0 Å². The van der Waals surface area contributed by atoms with Crippen LogP contribution in [0.2, 0.25) is 0 Å². The maximum Gasteiger partial charge on any atom is 0.411 e. The second-order valence-electron chi connectivity index (χ2n) is 13.0. The number of rotatable bonds is 9. The van der Waals surface area contributed by atoms with Gasteiger partial charge in [0, 0.05) is 36.1 Å². The van der Waals surface area contributed by atoms with Crippen LogP contribution in [0.4, 0.5) is 16.2 Å². The van der Waals surface area contributed by atoms with E-state index in [4.69, 9.17) is 9.47 Å². The molecule has 3 saturated heterocycles. The van der Waals surface area contributed by atoms with Crippen molar-refractivity contribution >= 4 is 40.4 Å². The number of likely N-dealkylation sites (N-methyl/N-ethyl adjacent to an activating group) is 1. The van der Waals surface area contributed by atoms with Gasteiger partial charge in [-0.1, -0.05) is 54.6 Å². The van der Waals surface area contributed by atoms with Gasteiger partial charge >= 0.3 is 6.09 Å². The summed E-state index contributed by atoms with van der Waals surface area (Å²) in [5.41, 5.74) is 5.05. The number of quaternary nitrogens is 1. The van der Waals surface area contributed by atoms with Crippen molar-refractivity contribution in [2.75, 3.05) is 24.7 Å². The normalized spacial score (nSPS) is 23.5. The quantitative estimate of drug-likeness (QED) is 0.119. The van der Waals surface area contributed by atoms with Gasteiger partial charge < -0.3 is 43.3 Å². The van der Waals surface area contributed by atoms with Crippen LogP contribution in [-0.4, -0.2) is 67.3 Å². The number of carbonyl (C=O) groups is 3.